The number of fused-ring (bicyclic) bond motifs is 6. The highest BCUT2D eigenvalue weighted by Gasteiger charge is 2.39. The number of benzene rings is 2. The van der Waals surface area contributed by atoms with Crippen molar-refractivity contribution in [1.82, 2.24) is 9.80 Å². The van der Waals surface area contributed by atoms with Gasteiger partial charge in [-0.15, -0.1) is 0 Å². The van der Waals surface area contributed by atoms with Gasteiger partial charge < -0.3 is 0 Å². The summed E-state index contributed by atoms with van der Waals surface area (Å²) in [6.07, 6.45) is 11.4. The van der Waals surface area contributed by atoms with Crippen LogP contribution in [0.2, 0.25) is 0 Å². The van der Waals surface area contributed by atoms with Crippen LogP contribution in [-0.4, -0.2) is 21.6 Å². The second kappa shape index (κ2) is 7.29. The van der Waals surface area contributed by atoms with Gasteiger partial charge in [0.05, 0.1) is 22.5 Å². The summed E-state index contributed by atoms with van der Waals surface area (Å²) in [7, 11) is 0. The molecule has 168 valence electrons. The fourth-order valence-electron chi connectivity index (χ4n) is 5.40. The zero-order chi connectivity index (χ0) is 23.7. The van der Waals surface area contributed by atoms with Gasteiger partial charge in [0, 0.05) is 23.5 Å². The van der Waals surface area contributed by atoms with E-state index in [0.29, 0.717) is 23.0 Å². The average Bonchev–Trinajstić information content (AvgIpc) is 3.34. The van der Waals surface area contributed by atoms with Crippen molar-refractivity contribution >= 4 is 35.4 Å². The van der Waals surface area contributed by atoms with Crippen molar-refractivity contribution in [1.29, 1.82) is 0 Å². The number of carbonyl (C=O) groups is 2. The van der Waals surface area contributed by atoms with E-state index in [4.69, 9.17) is 0 Å². The molecule has 0 atom stereocenters. The maximum Gasteiger partial charge on any atom is 0.263 e. The summed E-state index contributed by atoms with van der Waals surface area (Å²) in [4.78, 5) is 30.4. The first-order valence-corrected chi connectivity index (χ1v) is 11.8. The fraction of sp³-hybridized carbons (Fsp3) is 0.200. The number of amides is 2. The van der Waals surface area contributed by atoms with Crippen LogP contribution >= 0.6 is 0 Å². The van der Waals surface area contributed by atoms with E-state index < -0.39 is 0 Å². The smallest absolute Gasteiger partial charge is 0.263 e. The molecule has 0 N–H and O–H groups in total. The van der Waals surface area contributed by atoms with Crippen molar-refractivity contribution in [2.75, 3.05) is 0 Å². The monoisotopic (exact) mass is 446 g/mol. The van der Waals surface area contributed by atoms with Crippen molar-refractivity contribution in [2.45, 2.75) is 39.5 Å². The topological polar surface area (TPSA) is 40.6 Å². The number of hydrogen-bond acceptors (Lipinski definition) is 2. The Kier molecular flexibility index (Phi) is 4.43. The lowest BCUT2D eigenvalue weighted by Crippen LogP contribution is -2.25. The van der Waals surface area contributed by atoms with Gasteiger partial charge in [-0.1, -0.05) is 64.1 Å². The second-order valence-corrected chi connectivity index (χ2v) is 9.80. The summed E-state index contributed by atoms with van der Waals surface area (Å²) in [6.45, 7) is 8.64. The molecule has 0 aliphatic carbocycles. The van der Waals surface area contributed by atoms with Gasteiger partial charge in [0.25, 0.3) is 11.8 Å². The number of hydrogen-bond donors (Lipinski definition) is 0. The molecule has 4 heteroatoms. The Bertz CT molecular complexity index is 1340. The molecule has 2 amide bonds. The molecule has 0 spiro atoms. The maximum atomic E-state index is 13.5. The molecule has 0 radical (unpaired) electrons. The van der Waals surface area contributed by atoms with Crippen LogP contribution in [0.15, 0.2) is 72.1 Å². The minimum Gasteiger partial charge on any atom is -0.283 e. The molecule has 2 aromatic carbocycles. The molecule has 34 heavy (non-hydrogen) atoms. The first-order chi connectivity index (χ1) is 16.4. The van der Waals surface area contributed by atoms with Crippen LogP contribution in [0, 0.1) is 0 Å². The van der Waals surface area contributed by atoms with Crippen molar-refractivity contribution in [3.8, 4) is 0 Å². The van der Waals surface area contributed by atoms with Crippen LogP contribution in [0.1, 0.15) is 72.9 Å². The highest BCUT2D eigenvalue weighted by Crippen LogP contribution is 2.44. The Morgan fingerprint density at radius 1 is 0.618 bits per heavy atom. The molecule has 0 unspecified atom stereocenters. The SMILES string of the molecule is CC(C)c1cccc2c1C1=CC(=C3C=C4c5c(cccc5C(C)C)C=CN4C3=O)C(=O)N1C=C2. The summed E-state index contributed by atoms with van der Waals surface area (Å²) in [5.74, 6) is 0.321. The van der Waals surface area contributed by atoms with Gasteiger partial charge in [0.2, 0.25) is 0 Å². The minimum absolute atomic E-state index is 0.156. The van der Waals surface area contributed by atoms with Crippen LogP contribution in [-0.2, 0) is 9.59 Å². The Morgan fingerprint density at radius 2 is 1.03 bits per heavy atom. The van der Waals surface area contributed by atoms with Crippen LogP contribution in [0.4, 0.5) is 0 Å². The number of carbonyl (C=O) groups excluding carboxylic acids is 2. The molecule has 0 aromatic heterocycles. The molecule has 0 saturated heterocycles. The second-order valence-electron chi connectivity index (χ2n) is 9.80. The van der Waals surface area contributed by atoms with Crippen molar-refractivity contribution in [3.63, 3.8) is 0 Å². The normalized spacial score (nSPS) is 20.1. The first kappa shape index (κ1) is 20.7. The standard InChI is InChI=1S/C30H26N2O2/c1-17(2)21-9-5-7-19-11-13-31-25(27(19)21)15-23(29(31)33)24-16-26-28-20(12-14-32(26)30(24)34)8-6-10-22(28)18(3)4/h5-18H,1-4H3. The third-order valence-corrected chi connectivity index (χ3v) is 7.09. The highest BCUT2D eigenvalue weighted by atomic mass is 16.2. The number of nitrogens with zero attached hydrogens (tertiary/aromatic N) is 2. The van der Waals surface area contributed by atoms with E-state index in [1.165, 1.54) is 11.1 Å². The van der Waals surface area contributed by atoms with E-state index in [1.807, 2.05) is 36.7 Å². The van der Waals surface area contributed by atoms with E-state index in [1.54, 1.807) is 9.80 Å². The van der Waals surface area contributed by atoms with Gasteiger partial charge in [-0.05, 0) is 58.4 Å². The lowest BCUT2D eigenvalue weighted by atomic mass is 9.89. The Hall–Kier alpha value is -3.92. The molecule has 4 aliphatic heterocycles. The fourth-order valence-corrected chi connectivity index (χ4v) is 5.40. The molecular formula is C30H26N2O2. The van der Waals surface area contributed by atoms with Crippen molar-refractivity contribution < 1.29 is 9.59 Å². The summed E-state index contributed by atoms with van der Waals surface area (Å²) in [5, 5.41) is 0. The Balaban J connectivity index is 1.55. The van der Waals surface area contributed by atoms with Crippen LogP contribution < -0.4 is 0 Å². The highest BCUT2D eigenvalue weighted by molar-refractivity contribution is 6.20. The summed E-state index contributed by atoms with van der Waals surface area (Å²) >= 11 is 0. The molecule has 6 rings (SSSR count). The maximum absolute atomic E-state index is 13.5. The van der Waals surface area contributed by atoms with E-state index in [-0.39, 0.29) is 11.8 Å². The van der Waals surface area contributed by atoms with E-state index in [9.17, 15) is 9.59 Å². The Morgan fingerprint density at radius 3 is 1.41 bits per heavy atom. The number of rotatable bonds is 2. The van der Waals surface area contributed by atoms with Gasteiger partial charge in [0.1, 0.15) is 0 Å². The van der Waals surface area contributed by atoms with Gasteiger partial charge in [-0.3, -0.25) is 19.4 Å². The predicted octanol–water partition coefficient (Wildman–Crippen LogP) is 6.27. The van der Waals surface area contributed by atoms with Crippen molar-refractivity contribution in [3.05, 3.63) is 105 Å². The van der Waals surface area contributed by atoms with E-state index >= 15 is 0 Å². The quantitative estimate of drug-likeness (QED) is 0.511. The zero-order valence-corrected chi connectivity index (χ0v) is 19.8. The first-order valence-electron chi connectivity index (χ1n) is 11.8. The van der Waals surface area contributed by atoms with Gasteiger partial charge in [-0.2, -0.15) is 0 Å². The molecule has 0 saturated carbocycles. The summed E-state index contributed by atoms with van der Waals surface area (Å²) in [6, 6.07) is 12.5. The summed E-state index contributed by atoms with van der Waals surface area (Å²) < 4.78 is 0. The van der Waals surface area contributed by atoms with Gasteiger partial charge in [0.15, 0.2) is 0 Å². The third-order valence-electron chi connectivity index (χ3n) is 7.09. The molecule has 4 aliphatic rings. The lowest BCUT2D eigenvalue weighted by molar-refractivity contribution is -0.123. The van der Waals surface area contributed by atoms with E-state index in [2.05, 4.69) is 64.1 Å². The molecule has 2 aromatic rings. The van der Waals surface area contributed by atoms with Crippen molar-refractivity contribution in [2.24, 2.45) is 0 Å². The molecule has 0 fully saturated rings. The summed E-state index contributed by atoms with van der Waals surface area (Å²) in [5.41, 5.74) is 9.35. The van der Waals surface area contributed by atoms with Gasteiger partial charge in [-0.25, -0.2) is 0 Å². The molecule has 4 heterocycles. The third kappa shape index (κ3) is 2.78. The van der Waals surface area contributed by atoms with Crippen LogP contribution in [0.5, 0.6) is 0 Å². The van der Waals surface area contributed by atoms with Gasteiger partial charge >= 0.3 is 0 Å². The predicted molar refractivity (Wildman–Crippen MR) is 136 cm³/mol. The van der Waals surface area contributed by atoms with E-state index in [0.717, 1.165) is 33.6 Å². The molecular weight excluding hydrogens is 420 g/mol. The molecule has 0 bridgehead atoms. The largest absolute Gasteiger partial charge is 0.283 e. The van der Waals surface area contributed by atoms with Crippen LogP contribution in [0.25, 0.3) is 23.5 Å². The minimum atomic E-state index is -0.156. The molecule has 4 nitrogen and oxygen atoms in total. The zero-order valence-electron chi connectivity index (χ0n) is 19.8. The Labute approximate surface area is 199 Å². The van der Waals surface area contributed by atoms with Crippen LogP contribution in [0.3, 0.4) is 0 Å². The lowest BCUT2D eigenvalue weighted by Gasteiger charge is -2.26. The average molecular weight is 447 g/mol.